The van der Waals surface area contributed by atoms with Gasteiger partial charge in [0.1, 0.15) is 17.7 Å². The predicted molar refractivity (Wildman–Crippen MR) is 147 cm³/mol. The van der Waals surface area contributed by atoms with Crippen LogP contribution in [0.3, 0.4) is 0 Å². The number of likely N-dealkylation sites (N-methyl/N-ethyl adjacent to an activating group) is 1. The smallest absolute Gasteiger partial charge is 0.381 e. The van der Waals surface area contributed by atoms with Crippen molar-refractivity contribution in [2.75, 3.05) is 24.7 Å². The highest BCUT2D eigenvalue weighted by molar-refractivity contribution is 6.05. The number of anilines is 1. The molecule has 2 aliphatic heterocycles. The van der Waals surface area contributed by atoms with Crippen LogP contribution in [0.2, 0.25) is 0 Å². The molecule has 0 radical (unpaired) electrons. The van der Waals surface area contributed by atoms with E-state index < -0.39 is 47.4 Å². The summed E-state index contributed by atoms with van der Waals surface area (Å²) in [5.74, 6) is -2.28. The number of halogens is 4. The van der Waals surface area contributed by atoms with Gasteiger partial charge in [-0.25, -0.2) is 9.07 Å². The summed E-state index contributed by atoms with van der Waals surface area (Å²) in [5, 5.41) is 19.7. The van der Waals surface area contributed by atoms with Crippen molar-refractivity contribution in [2.45, 2.75) is 56.9 Å². The molecule has 13 heteroatoms. The molecular weight excluding hydrogens is 568 g/mol. The molecular formula is C30H30F4N6O3. The maximum absolute atomic E-state index is 14.2. The van der Waals surface area contributed by atoms with E-state index in [2.05, 4.69) is 10.6 Å². The highest BCUT2D eigenvalue weighted by Crippen LogP contribution is 2.46. The van der Waals surface area contributed by atoms with E-state index >= 15 is 0 Å². The second kappa shape index (κ2) is 12.0. The molecule has 3 atom stereocenters. The van der Waals surface area contributed by atoms with E-state index in [0.717, 1.165) is 18.2 Å². The Hall–Kier alpha value is -4.44. The third-order valence-electron chi connectivity index (χ3n) is 7.89. The summed E-state index contributed by atoms with van der Waals surface area (Å²) in [4.78, 5) is 29.2. The standard InChI is InChI=1S/C30H30F4N6O3/c1-3-39-28-24(25(17(2)36-16-35)38-40(28)22-11-13-43-14-12-22)23(18-7-9-21(31)10-8-18)26(29(39)42)37-27(41)19-5-4-6-20(15-19)30(32,33)34/h4-10,15,17,22-23,26,36H,3,11-14H2,1-2H3,(H,37,41). The molecule has 0 spiro atoms. The van der Waals surface area contributed by atoms with Crippen LogP contribution in [0.15, 0.2) is 48.5 Å². The number of nitrogens with zero attached hydrogens (tertiary/aromatic N) is 4. The molecule has 9 nitrogen and oxygen atoms in total. The molecule has 2 amide bonds. The lowest BCUT2D eigenvalue weighted by atomic mass is 9.80. The summed E-state index contributed by atoms with van der Waals surface area (Å²) >= 11 is 0. The van der Waals surface area contributed by atoms with Crippen LogP contribution in [0.1, 0.15) is 77.4 Å². The predicted octanol–water partition coefficient (Wildman–Crippen LogP) is 4.82. The lowest BCUT2D eigenvalue weighted by Crippen LogP contribution is -2.55. The molecule has 1 aromatic heterocycles. The topological polar surface area (TPSA) is 112 Å². The summed E-state index contributed by atoms with van der Waals surface area (Å²) in [7, 11) is 0. The van der Waals surface area contributed by atoms with Gasteiger partial charge in [0.15, 0.2) is 6.19 Å². The average molecular weight is 599 g/mol. The van der Waals surface area contributed by atoms with Crippen LogP contribution >= 0.6 is 0 Å². The Morgan fingerprint density at radius 2 is 1.88 bits per heavy atom. The van der Waals surface area contributed by atoms with Crippen molar-refractivity contribution in [1.29, 1.82) is 5.26 Å². The van der Waals surface area contributed by atoms with Gasteiger partial charge in [0.2, 0.25) is 0 Å². The summed E-state index contributed by atoms with van der Waals surface area (Å²) in [6, 6.07) is 7.42. The Labute approximate surface area is 245 Å². The summed E-state index contributed by atoms with van der Waals surface area (Å²) in [5.41, 5.74) is 0.231. The number of alkyl halides is 3. The minimum Gasteiger partial charge on any atom is -0.381 e. The van der Waals surface area contributed by atoms with E-state index in [1.54, 1.807) is 18.5 Å². The first-order valence-corrected chi connectivity index (χ1v) is 13.9. The van der Waals surface area contributed by atoms with Crippen molar-refractivity contribution in [3.63, 3.8) is 0 Å². The largest absolute Gasteiger partial charge is 0.416 e. The Morgan fingerprint density at radius 3 is 2.51 bits per heavy atom. The number of carbonyl (C=O) groups is 2. The van der Waals surface area contributed by atoms with Crippen LogP contribution in [-0.4, -0.2) is 47.4 Å². The number of nitriles is 1. The lowest BCUT2D eigenvalue weighted by Gasteiger charge is -2.39. The summed E-state index contributed by atoms with van der Waals surface area (Å²) in [6.45, 7) is 4.70. The van der Waals surface area contributed by atoms with Crippen molar-refractivity contribution in [3.05, 3.63) is 82.3 Å². The number of fused-ring (bicyclic) bond motifs is 1. The molecule has 226 valence electrons. The van der Waals surface area contributed by atoms with Gasteiger partial charge in [0.05, 0.1) is 23.3 Å². The van der Waals surface area contributed by atoms with Crippen molar-refractivity contribution in [2.24, 2.45) is 0 Å². The van der Waals surface area contributed by atoms with Gasteiger partial charge in [0, 0.05) is 36.8 Å². The number of hydrogen-bond acceptors (Lipinski definition) is 6. The molecule has 1 saturated heterocycles. The Kier molecular flexibility index (Phi) is 8.41. The zero-order valence-electron chi connectivity index (χ0n) is 23.5. The first-order chi connectivity index (χ1) is 20.5. The molecule has 0 saturated carbocycles. The van der Waals surface area contributed by atoms with Gasteiger partial charge in [-0.05, 0) is 62.6 Å². The zero-order chi connectivity index (χ0) is 30.9. The number of nitrogens with one attached hydrogen (secondary N) is 2. The van der Waals surface area contributed by atoms with Crippen LogP contribution in [0.5, 0.6) is 0 Å². The Balaban J connectivity index is 1.69. The van der Waals surface area contributed by atoms with E-state index in [1.165, 1.54) is 35.2 Å². The third-order valence-corrected chi connectivity index (χ3v) is 7.89. The molecule has 3 heterocycles. The molecule has 3 unspecified atom stereocenters. The van der Waals surface area contributed by atoms with Crippen LogP contribution in [0.4, 0.5) is 23.4 Å². The van der Waals surface area contributed by atoms with Gasteiger partial charge in [-0.15, -0.1) is 0 Å². The quantitative estimate of drug-likeness (QED) is 0.229. The van der Waals surface area contributed by atoms with E-state index in [-0.39, 0.29) is 18.2 Å². The van der Waals surface area contributed by atoms with Crippen molar-refractivity contribution < 1.29 is 31.9 Å². The maximum atomic E-state index is 14.2. The molecule has 3 aromatic rings. The highest BCUT2D eigenvalue weighted by atomic mass is 19.4. The number of ether oxygens (including phenoxy) is 1. The molecule has 43 heavy (non-hydrogen) atoms. The maximum Gasteiger partial charge on any atom is 0.416 e. The number of amides is 2. The molecule has 2 aliphatic rings. The number of aromatic nitrogens is 2. The van der Waals surface area contributed by atoms with Gasteiger partial charge in [-0.3, -0.25) is 14.5 Å². The highest BCUT2D eigenvalue weighted by Gasteiger charge is 2.47. The first-order valence-electron chi connectivity index (χ1n) is 13.9. The average Bonchev–Trinajstić information content (AvgIpc) is 3.38. The third kappa shape index (κ3) is 5.79. The number of carbonyl (C=O) groups excluding carboxylic acids is 2. The molecule has 5 rings (SSSR count). The number of rotatable bonds is 7. The van der Waals surface area contributed by atoms with Crippen molar-refractivity contribution in [1.82, 2.24) is 20.4 Å². The fourth-order valence-corrected chi connectivity index (χ4v) is 5.81. The van der Waals surface area contributed by atoms with Crippen LogP contribution in [0, 0.1) is 17.3 Å². The SMILES string of the molecule is CCN1C(=O)C(NC(=O)c2cccc(C(F)(F)F)c2)C(c2ccc(F)cc2)c2c(C(C)NC#N)nn(C3CCOCC3)c21. The Morgan fingerprint density at radius 1 is 1.19 bits per heavy atom. The van der Waals surface area contributed by atoms with Crippen LogP contribution in [0.25, 0.3) is 0 Å². The fraction of sp³-hybridized carbons (Fsp3) is 0.400. The molecule has 0 bridgehead atoms. The van der Waals surface area contributed by atoms with E-state index in [9.17, 15) is 32.4 Å². The zero-order valence-corrected chi connectivity index (χ0v) is 23.5. The van der Waals surface area contributed by atoms with E-state index in [4.69, 9.17) is 9.84 Å². The van der Waals surface area contributed by atoms with Crippen molar-refractivity contribution in [3.8, 4) is 6.19 Å². The molecule has 2 aromatic carbocycles. The van der Waals surface area contributed by atoms with Gasteiger partial charge in [-0.2, -0.15) is 23.5 Å². The van der Waals surface area contributed by atoms with E-state index in [1.807, 2.05) is 6.19 Å². The number of hydrogen-bond donors (Lipinski definition) is 2. The van der Waals surface area contributed by atoms with E-state index in [0.29, 0.717) is 48.7 Å². The molecule has 2 N–H and O–H groups in total. The summed E-state index contributed by atoms with van der Waals surface area (Å²) in [6.07, 6.45) is -1.47. The summed E-state index contributed by atoms with van der Waals surface area (Å²) < 4.78 is 61.6. The minimum absolute atomic E-state index is 0.113. The fourth-order valence-electron chi connectivity index (χ4n) is 5.81. The van der Waals surface area contributed by atoms with Gasteiger partial charge in [0.25, 0.3) is 11.8 Å². The number of benzene rings is 2. The molecule has 0 aliphatic carbocycles. The minimum atomic E-state index is -4.67. The second-order valence-electron chi connectivity index (χ2n) is 10.5. The lowest BCUT2D eigenvalue weighted by molar-refractivity contribution is -0.137. The monoisotopic (exact) mass is 598 g/mol. The second-order valence-corrected chi connectivity index (χ2v) is 10.5. The van der Waals surface area contributed by atoms with Gasteiger partial charge in [-0.1, -0.05) is 18.2 Å². The van der Waals surface area contributed by atoms with Gasteiger partial charge >= 0.3 is 6.18 Å². The van der Waals surface area contributed by atoms with Gasteiger partial charge < -0.3 is 15.4 Å². The van der Waals surface area contributed by atoms with Crippen LogP contribution in [-0.2, 0) is 15.7 Å². The first kappa shape index (κ1) is 30.0. The Bertz CT molecular complexity index is 1540. The normalized spacial score (nSPS) is 19.8. The molecule has 1 fully saturated rings. The van der Waals surface area contributed by atoms with Crippen LogP contribution < -0.4 is 15.5 Å². The van der Waals surface area contributed by atoms with Crippen molar-refractivity contribution >= 4 is 17.6 Å².